The Kier molecular flexibility index (Phi) is 4.24. The van der Waals surface area contributed by atoms with Crippen molar-refractivity contribution in [2.24, 2.45) is 7.05 Å². The van der Waals surface area contributed by atoms with Crippen molar-refractivity contribution in [2.45, 2.75) is 26.7 Å². The lowest BCUT2D eigenvalue weighted by Gasteiger charge is -2.04. The number of hydrogen-bond donors (Lipinski definition) is 2. The van der Waals surface area contributed by atoms with E-state index in [1.54, 1.807) is 18.2 Å². The van der Waals surface area contributed by atoms with E-state index < -0.39 is 0 Å². The maximum Gasteiger partial charge on any atom is 0.253 e. The highest BCUT2D eigenvalue weighted by Gasteiger charge is 2.18. The van der Waals surface area contributed by atoms with Gasteiger partial charge in [0.15, 0.2) is 5.82 Å². The lowest BCUT2D eigenvalue weighted by molar-refractivity contribution is 0.0954. The minimum atomic E-state index is -0.178. The van der Waals surface area contributed by atoms with E-state index in [-0.39, 0.29) is 11.7 Å². The molecule has 126 valence electrons. The first kappa shape index (κ1) is 16.0. The molecule has 3 rings (SSSR count). The third-order valence-electron chi connectivity index (χ3n) is 4.15. The number of carbonyl (C=O) groups excluding carboxylic acids is 1. The summed E-state index contributed by atoms with van der Waals surface area (Å²) in [5, 5.41) is 17.2. The molecular weight excluding hydrogens is 308 g/mol. The first-order chi connectivity index (χ1) is 11.5. The van der Waals surface area contributed by atoms with Crippen molar-refractivity contribution >= 4 is 16.8 Å². The van der Waals surface area contributed by atoms with Gasteiger partial charge >= 0.3 is 0 Å². The van der Waals surface area contributed by atoms with Gasteiger partial charge in [0.25, 0.3) is 5.91 Å². The van der Waals surface area contributed by atoms with Gasteiger partial charge in [-0.15, -0.1) is 0 Å². The fourth-order valence-electron chi connectivity index (χ4n) is 2.76. The highest BCUT2D eigenvalue weighted by molar-refractivity contribution is 6.08. The van der Waals surface area contributed by atoms with E-state index in [4.69, 9.17) is 4.52 Å². The van der Waals surface area contributed by atoms with Gasteiger partial charge in [-0.05, 0) is 25.1 Å². The van der Waals surface area contributed by atoms with Crippen LogP contribution in [0, 0.1) is 6.92 Å². The summed E-state index contributed by atoms with van der Waals surface area (Å²) < 4.78 is 6.99. The molecule has 0 unspecified atom stereocenters. The van der Waals surface area contributed by atoms with Crippen molar-refractivity contribution in [3.63, 3.8) is 0 Å². The molecule has 0 aliphatic carbocycles. The summed E-state index contributed by atoms with van der Waals surface area (Å²) in [5.74, 6) is 1.14. The van der Waals surface area contributed by atoms with Crippen LogP contribution in [0.3, 0.4) is 0 Å². The van der Waals surface area contributed by atoms with Crippen LogP contribution in [0.15, 0.2) is 22.7 Å². The molecule has 1 amide bonds. The van der Waals surface area contributed by atoms with Crippen molar-refractivity contribution in [3.8, 4) is 5.75 Å². The first-order valence-electron chi connectivity index (χ1n) is 7.89. The number of benzene rings is 1. The zero-order valence-corrected chi connectivity index (χ0v) is 14.0. The zero-order valence-electron chi connectivity index (χ0n) is 14.0. The summed E-state index contributed by atoms with van der Waals surface area (Å²) in [6.45, 7) is 4.24. The Morgan fingerprint density at radius 1 is 1.42 bits per heavy atom. The maximum absolute atomic E-state index is 12.6. The first-order valence-corrected chi connectivity index (χ1v) is 7.89. The standard InChI is InChI=1S/C17H20N4O3/c1-4-15-19-14(20-24-15)7-8-18-17(23)16-10(2)21(3)13-6-5-11(22)9-12(13)16/h5-6,9,22H,4,7-8H2,1-3H3,(H,18,23). The van der Waals surface area contributed by atoms with Crippen molar-refractivity contribution in [1.82, 2.24) is 20.0 Å². The summed E-state index contributed by atoms with van der Waals surface area (Å²) in [4.78, 5) is 16.8. The highest BCUT2D eigenvalue weighted by Crippen LogP contribution is 2.28. The van der Waals surface area contributed by atoms with E-state index in [2.05, 4.69) is 15.5 Å². The lowest BCUT2D eigenvalue weighted by Crippen LogP contribution is -2.26. The van der Waals surface area contributed by atoms with E-state index in [1.165, 1.54) is 0 Å². The molecule has 7 nitrogen and oxygen atoms in total. The third-order valence-corrected chi connectivity index (χ3v) is 4.15. The van der Waals surface area contributed by atoms with Gasteiger partial charge in [-0.1, -0.05) is 12.1 Å². The SMILES string of the molecule is CCc1nc(CCNC(=O)c2c(C)n(C)c3ccc(O)cc23)no1. The van der Waals surface area contributed by atoms with Gasteiger partial charge in [0.1, 0.15) is 5.75 Å². The van der Waals surface area contributed by atoms with Gasteiger partial charge in [-0.25, -0.2) is 0 Å². The van der Waals surface area contributed by atoms with E-state index in [0.717, 1.165) is 16.6 Å². The van der Waals surface area contributed by atoms with Crippen LogP contribution in [0.2, 0.25) is 0 Å². The second-order valence-electron chi connectivity index (χ2n) is 5.68. The van der Waals surface area contributed by atoms with Crippen LogP contribution in [0.1, 0.15) is 34.7 Å². The molecule has 3 aromatic rings. The average Bonchev–Trinajstić information content (AvgIpc) is 3.11. The Labute approximate surface area is 139 Å². The molecular formula is C17H20N4O3. The summed E-state index contributed by atoms with van der Waals surface area (Å²) >= 11 is 0. The highest BCUT2D eigenvalue weighted by atomic mass is 16.5. The van der Waals surface area contributed by atoms with Crippen molar-refractivity contribution in [1.29, 1.82) is 0 Å². The average molecular weight is 328 g/mol. The molecule has 0 aliphatic heterocycles. The monoisotopic (exact) mass is 328 g/mol. The zero-order chi connectivity index (χ0) is 17.3. The van der Waals surface area contributed by atoms with E-state index >= 15 is 0 Å². The second kappa shape index (κ2) is 6.35. The number of fused-ring (bicyclic) bond motifs is 1. The maximum atomic E-state index is 12.6. The Morgan fingerprint density at radius 3 is 2.92 bits per heavy atom. The number of amides is 1. The summed E-state index contributed by atoms with van der Waals surface area (Å²) in [7, 11) is 1.90. The molecule has 2 N–H and O–H groups in total. The summed E-state index contributed by atoms with van der Waals surface area (Å²) in [6.07, 6.45) is 1.20. The number of aryl methyl sites for hydroxylation is 2. The molecule has 1 aromatic carbocycles. The molecule has 0 fully saturated rings. The Balaban J connectivity index is 1.76. The van der Waals surface area contributed by atoms with Crippen molar-refractivity contribution in [2.75, 3.05) is 6.54 Å². The Hall–Kier alpha value is -2.83. The Morgan fingerprint density at radius 2 is 2.21 bits per heavy atom. The fraction of sp³-hybridized carbons (Fsp3) is 0.353. The molecule has 0 saturated heterocycles. The Bertz CT molecular complexity index is 895. The second-order valence-corrected chi connectivity index (χ2v) is 5.68. The molecule has 2 aromatic heterocycles. The molecule has 0 saturated carbocycles. The predicted octanol–water partition coefficient (Wildman–Crippen LogP) is 2.11. The smallest absolute Gasteiger partial charge is 0.253 e. The number of phenols is 1. The molecule has 7 heteroatoms. The van der Waals surface area contributed by atoms with Crippen molar-refractivity contribution in [3.05, 3.63) is 41.2 Å². The van der Waals surface area contributed by atoms with Crippen LogP contribution in [0.5, 0.6) is 5.75 Å². The minimum Gasteiger partial charge on any atom is -0.508 e. The lowest BCUT2D eigenvalue weighted by atomic mass is 10.1. The van der Waals surface area contributed by atoms with Gasteiger partial charge in [0.2, 0.25) is 5.89 Å². The van der Waals surface area contributed by atoms with Gasteiger partial charge in [-0.3, -0.25) is 4.79 Å². The van der Waals surface area contributed by atoms with Crippen LogP contribution < -0.4 is 5.32 Å². The van der Waals surface area contributed by atoms with Gasteiger partial charge < -0.3 is 19.5 Å². The molecule has 0 atom stereocenters. The van der Waals surface area contributed by atoms with Gasteiger partial charge in [-0.2, -0.15) is 4.98 Å². The van der Waals surface area contributed by atoms with Crippen LogP contribution in [0.25, 0.3) is 10.9 Å². The molecule has 2 heterocycles. The van der Waals surface area contributed by atoms with Gasteiger partial charge in [0.05, 0.1) is 5.56 Å². The van der Waals surface area contributed by atoms with Crippen LogP contribution >= 0.6 is 0 Å². The summed E-state index contributed by atoms with van der Waals surface area (Å²) in [5.41, 5.74) is 2.33. The van der Waals surface area contributed by atoms with E-state index in [9.17, 15) is 9.90 Å². The van der Waals surface area contributed by atoms with Crippen LogP contribution in [-0.2, 0) is 19.9 Å². The number of rotatable bonds is 5. The van der Waals surface area contributed by atoms with Crippen LogP contribution in [-0.4, -0.2) is 32.3 Å². The largest absolute Gasteiger partial charge is 0.508 e. The number of nitrogens with one attached hydrogen (secondary N) is 1. The summed E-state index contributed by atoms with van der Waals surface area (Å²) in [6, 6.07) is 5.04. The normalized spacial score (nSPS) is 11.1. The van der Waals surface area contributed by atoms with Gasteiger partial charge in [0, 0.05) is 43.0 Å². The number of phenolic OH excluding ortho intramolecular Hbond substituents is 1. The minimum absolute atomic E-state index is 0.140. The molecule has 24 heavy (non-hydrogen) atoms. The number of hydrogen-bond acceptors (Lipinski definition) is 5. The topological polar surface area (TPSA) is 93.2 Å². The number of aromatic hydroxyl groups is 1. The number of aromatic nitrogens is 3. The predicted molar refractivity (Wildman–Crippen MR) is 89.0 cm³/mol. The fourth-order valence-corrected chi connectivity index (χ4v) is 2.76. The number of carbonyl (C=O) groups is 1. The third kappa shape index (κ3) is 2.84. The van der Waals surface area contributed by atoms with E-state index in [0.29, 0.717) is 36.7 Å². The van der Waals surface area contributed by atoms with Crippen molar-refractivity contribution < 1.29 is 14.4 Å². The van der Waals surface area contributed by atoms with Crippen LogP contribution in [0.4, 0.5) is 0 Å². The molecule has 0 radical (unpaired) electrons. The number of nitrogens with zero attached hydrogens (tertiary/aromatic N) is 3. The molecule has 0 bridgehead atoms. The van der Waals surface area contributed by atoms with E-state index in [1.807, 2.05) is 25.5 Å². The quantitative estimate of drug-likeness (QED) is 0.748. The molecule has 0 aliphatic rings. The molecule has 0 spiro atoms.